The van der Waals surface area contributed by atoms with E-state index in [0.29, 0.717) is 23.6 Å². The van der Waals surface area contributed by atoms with Crippen LogP contribution >= 0.6 is 11.6 Å². The van der Waals surface area contributed by atoms with E-state index in [2.05, 4.69) is 23.0 Å². The molecular formula is C26H27ClN2O3. The number of halogens is 1. The highest BCUT2D eigenvalue weighted by Crippen LogP contribution is 2.39. The molecule has 1 aliphatic carbocycles. The van der Waals surface area contributed by atoms with Crippen molar-refractivity contribution in [3.63, 3.8) is 0 Å². The number of ether oxygens (including phenoxy) is 1. The molecule has 1 aliphatic rings. The van der Waals surface area contributed by atoms with Crippen molar-refractivity contribution < 1.29 is 4.74 Å². The Balaban J connectivity index is 1.58. The van der Waals surface area contributed by atoms with E-state index in [1.165, 1.54) is 5.57 Å². The lowest BCUT2D eigenvalue weighted by Crippen LogP contribution is -2.30. The third-order valence-corrected chi connectivity index (χ3v) is 6.19. The van der Waals surface area contributed by atoms with Gasteiger partial charge in [0.2, 0.25) is 0 Å². The van der Waals surface area contributed by atoms with E-state index < -0.39 is 5.69 Å². The molecule has 0 fully saturated rings. The lowest BCUT2D eigenvalue weighted by molar-refractivity contribution is 0.317. The van der Waals surface area contributed by atoms with Gasteiger partial charge in [0.25, 0.3) is 5.56 Å². The van der Waals surface area contributed by atoms with Gasteiger partial charge in [0.15, 0.2) is 0 Å². The van der Waals surface area contributed by atoms with Gasteiger partial charge in [0.1, 0.15) is 5.75 Å². The Morgan fingerprint density at radius 2 is 1.91 bits per heavy atom. The smallest absolute Gasteiger partial charge is 0.325 e. The molecule has 0 saturated heterocycles. The molecule has 5 nitrogen and oxygen atoms in total. The van der Waals surface area contributed by atoms with Crippen molar-refractivity contribution >= 4 is 17.2 Å². The molecule has 1 heterocycles. The number of aromatic amines is 2. The summed E-state index contributed by atoms with van der Waals surface area (Å²) in [6, 6.07) is 15.7. The average molecular weight is 451 g/mol. The van der Waals surface area contributed by atoms with Crippen LogP contribution in [0.5, 0.6) is 5.75 Å². The van der Waals surface area contributed by atoms with Crippen LogP contribution in [-0.2, 0) is 6.42 Å². The fraction of sp³-hybridized carbons (Fsp3) is 0.308. The Hall–Kier alpha value is -3.05. The molecule has 3 aromatic rings. The van der Waals surface area contributed by atoms with Gasteiger partial charge in [-0.3, -0.25) is 9.78 Å². The number of nitrogens with one attached hydrogen (secondary N) is 2. The highest BCUT2D eigenvalue weighted by atomic mass is 35.5. The fourth-order valence-corrected chi connectivity index (χ4v) is 4.55. The van der Waals surface area contributed by atoms with E-state index in [1.54, 1.807) is 0 Å². The molecular weight excluding hydrogens is 424 g/mol. The zero-order valence-electron chi connectivity index (χ0n) is 18.1. The molecule has 166 valence electrons. The molecule has 0 aliphatic heterocycles. The second-order valence-corrected chi connectivity index (χ2v) is 8.56. The van der Waals surface area contributed by atoms with Crippen molar-refractivity contribution in [2.45, 2.75) is 44.9 Å². The molecule has 1 atom stereocenters. The molecule has 0 amide bonds. The van der Waals surface area contributed by atoms with Gasteiger partial charge in [-0.05, 0) is 60.6 Å². The average Bonchev–Trinajstić information content (AvgIpc) is 2.80. The quantitative estimate of drug-likeness (QED) is 0.502. The van der Waals surface area contributed by atoms with E-state index in [9.17, 15) is 9.59 Å². The minimum atomic E-state index is -0.456. The second-order valence-electron chi connectivity index (χ2n) is 8.15. The SMILES string of the molecule is CCCOc1ccc(C2=CCC(c3[nH]c(=O)[nH]c(=O)c3Cc3ccccc3)CC2)c(Cl)c1. The van der Waals surface area contributed by atoms with Crippen molar-refractivity contribution in [1.82, 2.24) is 9.97 Å². The summed E-state index contributed by atoms with van der Waals surface area (Å²) in [6.45, 7) is 2.73. The maximum atomic E-state index is 12.6. The van der Waals surface area contributed by atoms with Crippen molar-refractivity contribution in [3.05, 3.63) is 103 Å². The summed E-state index contributed by atoms with van der Waals surface area (Å²) in [5, 5.41) is 0.678. The first kappa shape index (κ1) is 22.2. The van der Waals surface area contributed by atoms with Gasteiger partial charge in [0.05, 0.1) is 11.6 Å². The largest absolute Gasteiger partial charge is 0.494 e. The fourth-order valence-electron chi connectivity index (χ4n) is 4.26. The van der Waals surface area contributed by atoms with Crippen molar-refractivity contribution in [2.75, 3.05) is 6.61 Å². The molecule has 0 radical (unpaired) electrons. The van der Waals surface area contributed by atoms with Crippen LogP contribution in [0.2, 0.25) is 5.02 Å². The van der Waals surface area contributed by atoms with E-state index in [4.69, 9.17) is 16.3 Å². The van der Waals surface area contributed by atoms with Crippen LogP contribution in [0.3, 0.4) is 0 Å². The lowest BCUT2D eigenvalue weighted by atomic mass is 9.83. The second kappa shape index (κ2) is 10.0. The highest BCUT2D eigenvalue weighted by Gasteiger charge is 2.23. The molecule has 0 saturated carbocycles. The normalized spacial score (nSPS) is 15.9. The minimum absolute atomic E-state index is 0.0819. The van der Waals surface area contributed by atoms with Crippen LogP contribution in [0, 0.1) is 0 Å². The molecule has 6 heteroatoms. The minimum Gasteiger partial charge on any atom is -0.494 e. The zero-order chi connectivity index (χ0) is 22.5. The molecule has 4 rings (SSSR count). The lowest BCUT2D eigenvalue weighted by Gasteiger charge is -2.24. The van der Waals surface area contributed by atoms with Gasteiger partial charge in [-0.1, -0.05) is 54.9 Å². The number of aromatic nitrogens is 2. The predicted molar refractivity (Wildman–Crippen MR) is 129 cm³/mol. The summed E-state index contributed by atoms with van der Waals surface area (Å²) >= 11 is 6.54. The van der Waals surface area contributed by atoms with Gasteiger partial charge in [-0.25, -0.2) is 4.79 Å². The van der Waals surface area contributed by atoms with Gasteiger partial charge in [0, 0.05) is 23.6 Å². The molecule has 32 heavy (non-hydrogen) atoms. The van der Waals surface area contributed by atoms with Crippen LogP contribution in [0.25, 0.3) is 5.57 Å². The zero-order valence-corrected chi connectivity index (χ0v) is 18.9. The van der Waals surface area contributed by atoms with Crippen LogP contribution in [0.4, 0.5) is 0 Å². The molecule has 1 unspecified atom stereocenters. The third-order valence-electron chi connectivity index (χ3n) is 5.88. The summed E-state index contributed by atoms with van der Waals surface area (Å²) in [7, 11) is 0. The predicted octanol–water partition coefficient (Wildman–Crippen LogP) is 5.45. The van der Waals surface area contributed by atoms with Crippen LogP contribution in [0.1, 0.15) is 60.9 Å². The van der Waals surface area contributed by atoms with Crippen molar-refractivity contribution in [2.24, 2.45) is 0 Å². The molecule has 2 aromatic carbocycles. The molecule has 2 N–H and O–H groups in total. The molecule has 0 bridgehead atoms. The van der Waals surface area contributed by atoms with Gasteiger partial charge in [-0.15, -0.1) is 0 Å². The Morgan fingerprint density at radius 1 is 1.09 bits per heavy atom. The van der Waals surface area contributed by atoms with E-state index >= 15 is 0 Å². The number of rotatable bonds is 7. The summed E-state index contributed by atoms with van der Waals surface area (Å²) in [6.07, 6.45) is 5.99. The summed E-state index contributed by atoms with van der Waals surface area (Å²) < 4.78 is 5.67. The Bertz CT molecular complexity index is 1230. The Labute approximate surface area is 192 Å². The van der Waals surface area contributed by atoms with Crippen LogP contribution in [0.15, 0.2) is 64.2 Å². The Morgan fingerprint density at radius 3 is 2.59 bits per heavy atom. The summed E-state index contributed by atoms with van der Waals surface area (Å²) in [5.74, 6) is 0.861. The molecule has 0 spiro atoms. The van der Waals surface area contributed by atoms with Gasteiger partial charge in [-0.2, -0.15) is 0 Å². The van der Waals surface area contributed by atoms with Crippen molar-refractivity contribution in [1.29, 1.82) is 0 Å². The van der Waals surface area contributed by atoms with Gasteiger partial charge < -0.3 is 9.72 Å². The molecule has 1 aromatic heterocycles. The Kier molecular flexibility index (Phi) is 6.96. The number of allylic oxidation sites excluding steroid dienone is 2. The van der Waals surface area contributed by atoms with Gasteiger partial charge >= 0.3 is 5.69 Å². The summed E-state index contributed by atoms with van der Waals surface area (Å²) in [4.78, 5) is 30.0. The number of benzene rings is 2. The van der Waals surface area contributed by atoms with E-state index in [0.717, 1.165) is 48.3 Å². The first-order valence-electron chi connectivity index (χ1n) is 11.1. The monoisotopic (exact) mass is 450 g/mol. The first-order chi connectivity index (χ1) is 15.5. The highest BCUT2D eigenvalue weighted by molar-refractivity contribution is 6.32. The number of hydrogen-bond donors (Lipinski definition) is 2. The maximum absolute atomic E-state index is 12.6. The van der Waals surface area contributed by atoms with E-state index in [1.807, 2.05) is 48.5 Å². The van der Waals surface area contributed by atoms with E-state index in [-0.39, 0.29) is 11.5 Å². The first-order valence-corrected chi connectivity index (χ1v) is 11.4. The number of hydrogen-bond acceptors (Lipinski definition) is 3. The van der Waals surface area contributed by atoms with Crippen LogP contribution in [-0.4, -0.2) is 16.6 Å². The summed E-state index contributed by atoms with van der Waals surface area (Å²) in [5.41, 5.74) is 3.84. The maximum Gasteiger partial charge on any atom is 0.325 e. The van der Waals surface area contributed by atoms with Crippen molar-refractivity contribution in [3.8, 4) is 5.75 Å². The topological polar surface area (TPSA) is 75.0 Å². The standard InChI is InChI=1S/C26H27ClN2O3/c1-2-14-32-20-12-13-21(23(27)16-20)18-8-10-19(11-9-18)24-22(25(30)29-26(31)28-24)15-17-6-4-3-5-7-17/h3-8,12-13,16,19H,2,9-11,14-15H2,1H3,(H2,28,29,30,31). The van der Waals surface area contributed by atoms with Crippen LogP contribution < -0.4 is 16.0 Å². The number of H-pyrrole nitrogens is 2. The third kappa shape index (κ3) is 5.05.